The third-order valence-electron chi connectivity index (χ3n) is 3.63. The fourth-order valence-corrected chi connectivity index (χ4v) is 2.56. The summed E-state index contributed by atoms with van der Waals surface area (Å²) in [5.41, 5.74) is 3.67. The summed E-state index contributed by atoms with van der Waals surface area (Å²) in [5, 5.41) is 3.34. The molecular weight excluding hydrogens is 258 g/mol. The van der Waals surface area contributed by atoms with Crippen LogP contribution in [-0.2, 0) is 0 Å². The van der Waals surface area contributed by atoms with Crippen LogP contribution in [0.5, 0.6) is 5.75 Å². The SMILES string of the molecule is CCC(NC)c1ccc(-c2ccccc2OC(C)C)cc1. The van der Waals surface area contributed by atoms with Crippen LogP contribution in [0.15, 0.2) is 48.5 Å². The molecule has 0 saturated heterocycles. The molecule has 2 rings (SSSR count). The number of ether oxygens (including phenoxy) is 1. The van der Waals surface area contributed by atoms with Crippen molar-refractivity contribution < 1.29 is 4.74 Å². The Kier molecular flexibility index (Phi) is 5.40. The smallest absolute Gasteiger partial charge is 0.127 e. The topological polar surface area (TPSA) is 21.3 Å². The monoisotopic (exact) mass is 283 g/mol. The van der Waals surface area contributed by atoms with Gasteiger partial charge in [-0.1, -0.05) is 49.4 Å². The molecule has 0 fully saturated rings. The highest BCUT2D eigenvalue weighted by Gasteiger charge is 2.09. The lowest BCUT2D eigenvalue weighted by Gasteiger charge is -2.16. The van der Waals surface area contributed by atoms with Gasteiger partial charge in [-0.3, -0.25) is 0 Å². The summed E-state index contributed by atoms with van der Waals surface area (Å²) in [7, 11) is 2.01. The van der Waals surface area contributed by atoms with Crippen LogP contribution in [0.25, 0.3) is 11.1 Å². The summed E-state index contributed by atoms with van der Waals surface area (Å²) in [6.07, 6.45) is 1.27. The normalized spacial score (nSPS) is 12.4. The van der Waals surface area contributed by atoms with Gasteiger partial charge in [0.05, 0.1) is 6.10 Å². The summed E-state index contributed by atoms with van der Waals surface area (Å²) < 4.78 is 5.91. The first kappa shape index (κ1) is 15.6. The second-order valence-corrected chi connectivity index (χ2v) is 5.53. The fourth-order valence-electron chi connectivity index (χ4n) is 2.56. The molecule has 0 saturated carbocycles. The summed E-state index contributed by atoms with van der Waals surface area (Å²) in [4.78, 5) is 0. The van der Waals surface area contributed by atoms with Gasteiger partial charge in [0.25, 0.3) is 0 Å². The molecule has 21 heavy (non-hydrogen) atoms. The molecule has 0 spiro atoms. The minimum absolute atomic E-state index is 0.180. The molecule has 2 aromatic rings. The van der Waals surface area contributed by atoms with Crippen molar-refractivity contribution in [3.63, 3.8) is 0 Å². The van der Waals surface area contributed by atoms with E-state index >= 15 is 0 Å². The lowest BCUT2D eigenvalue weighted by Crippen LogP contribution is -2.14. The minimum Gasteiger partial charge on any atom is -0.490 e. The second kappa shape index (κ2) is 7.28. The third-order valence-corrected chi connectivity index (χ3v) is 3.63. The Bertz CT molecular complexity index is 556. The summed E-state index contributed by atoms with van der Waals surface area (Å²) in [6, 6.07) is 17.4. The standard InChI is InChI=1S/C19H25NO/c1-5-18(20-4)16-12-10-15(11-13-16)17-8-6-7-9-19(17)21-14(2)3/h6-14,18,20H,5H2,1-4H3. The van der Waals surface area contributed by atoms with E-state index in [0.717, 1.165) is 17.7 Å². The fraction of sp³-hybridized carbons (Fsp3) is 0.368. The lowest BCUT2D eigenvalue weighted by atomic mass is 9.99. The van der Waals surface area contributed by atoms with E-state index in [1.807, 2.05) is 19.2 Å². The quantitative estimate of drug-likeness (QED) is 0.821. The van der Waals surface area contributed by atoms with Gasteiger partial charge in [0.15, 0.2) is 0 Å². The van der Waals surface area contributed by atoms with Crippen LogP contribution < -0.4 is 10.1 Å². The zero-order chi connectivity index (χ0) is 15.2. The molecule has 0 aliphatic rings. The van der Waals surface area contributed by atoms with Gasteiger partial charge in [-0.25, -0.2) is 0 Å². The van der Waals surface area contributed by atoms with Crippen LogP contribution >= 0.6 is 0 Å². The van der Waals surface area contributed by atoms with Gasteiger partial charge in [0.2, 0.25) is 0 Å². The molecule has 2 aromatic carbocycles. The first-order valence-corrected chi connectivity index (χ1v) is 7.69. The number of rotatable bonds is 6. The molecule has 0 heterocycles. The number of para-hydroxylation sites is 1. The maximum absolute atomic E-state index is 5.91. The molecule has 112 valence electrons. The number of hydrogen-bond acceptors (Lipinski definition) is 2. The van der Waals surface area contributed by atoms with E-state index < -0.39 is 0 Å². The van der Waals surface area contributed by atoms with Gasteiger partial charge < -0.3 is 10.1 Å². The summed E-state index contributed by atoms with van der Waals surface area (Å²) >= 11 is 0. The van der Waals surface area contributed by atoms with Crippen LogP contribution in [0.2, 0.25) is 0 Å². The Hall–Kier alpha value is -1.80. The Morgan fingerprint density at radius 2 is 1.67 bits per heavy atom. The molecule has 0 aliphatic carbocycles. The Labute approximate surface area is 128 Å². The van der Waals surface area contributed by atoms with Crippen LogP contribution in [0.1, 0.15) is 38.8 Å². The van der Waals surface area contributed by atoms with E-state index in [4.69, 9.17) is 4.74 Å². The van der Waals surface area contributed by atoms with Gasteiger partial charge in [0, 0.05) is 11.6 Å². The molecule has 0 radical (unpaired) electrons. The number of benzene rings is 2. The first-order valence-electron chi connectivity index (χ1n) is 7.69. The Morgan fingerprint density at radius 1 is 1.00 bits per heavy atom. The maximum atomic E-state index is 5.91. The molecule has 1 N–H and O–H groups in total. The van der Waals surface area contributed by atoms with Gasteiger partial charge >= 0.3 is 0 Å². The van der Waals surface area contributed by atoms with Crippen molar-refractivity contribution in [3.05, 3.63) is 54.1 Å². The van der Waals surface area contributed by atoms with Crippen molar-refractivity contribution in [1.82, 2.24) is 5.32 Å². The minimum atomic E-state index is 0.180. The van der Waals surface area contributed by atoms with Crippen LogP contribution in [0.4, 0.5) is 0 Å². The van der Waals surface area contributed by atoms with Gasteiger partial charge in [-0.05, 0) is 44.5 Å². The zero-order valence-corrected chi connectivity index (χ0v) is 13.4. The molecule has 1 atom stereocenters. The summed E-state index contributed by atoms with van der Waals surface area (Å²) in [5.74, 6) is 0.945. The van der Waals surface area contributed by atoms with Crippen molar-refractivity contribution in [2.45, 2.75) is 39.3 Å². The summed E-state index contributed by atoms with van der Waals surface area (Å²) in [6.45, 7) is 6.30. The molecule has 0 bridgehead atoms. The Balaban J connectivity index is 2.30. The second-order valence-electron chi connectivity index (χ2n) is 5.53. The maximum Gasteiger partial charge on any atom is 0.127 e. The molecule has 0 aliphatic heterocycles. The van der Waals surface area contributed by atoms with E-state index in [2.05, 4.69) is 62.5 Å². The van der Waals surface area contributed by atoms with Crippen LogP contribution in [0.3, 0.4) is 0 Å². The van der Waals surface area contributed by atoms with Crippen molar-refractivity contribution in [2.24, 2.45) is 0 Å². The Morgan fingerprint density at radius 3 is 2.24 bits per heavy atom. The number of hydrogen-bond donors (Lipinski definition) is 1. The van der Waals surface area contributed by atoms with Crippen LogP contribution in [0, 0.1) is 0 Å². The first-order chi connectivity index (χ1) is 10.2. The molecular formula is C19H25NO. The van der Waals surface area contributed by atoms with Crippen LogP contribution in [-0.4, -0.2) is 13.2 Å². The van der Waals surface area contributed by atoms with E-state index in [1.165, 1.54) is 11.1 Å². The average molecular weight is 283 g/mol. The van der Waals surface area contributed by atoms with Crippen molar-refractivity contribution >= 4 is 0 Å². The van der Waals surface area contributed by atoms with Gasteiger partial charge in [-0.2, -0.15) is 0 Å². The molecule has 2 nitrogen and oxygen atoms in total. The van der Waals surface area contributed by atoms with Gasteiger partial charge in [-0.15, -0.1) is 0 Å². The van der Waals surface area contributed by atoms with E-state index in [0.29, 0.717) is 6.04 Å². The molecule has 0 amide bonds. The predicted octanol–water partition coefficient (Wildman–Crippen LogP) is 4.81. The molecule has 0 aromatic heterocycles. The van der Waals surface area contributed by atoms with E-state index in [1.54, 1.807) is 0 Å². The largest absolute Gasteiger partial charge is 0.490 e. The lowest BCUT2D eigenvalue weighted by molar-refractivity contribution is 0.243. The van der Waals surface area contributed by atoms with Gasteiger partial charge in [0.1, 0.15) is 5.75 Å². The zero-order valence-electron chi connectivity index (χ0n) is 13.4. The van der Waals surface area contributed by atoms with E-state index in [9.17, 15) is 0 Å². The van der Waals surface area contributed by atoms with E-state index in [-0.39, 0.29) is 6.10 Å². The highest BCUT2D eigenvalue weighted by Crippen LogP contribution is 2.31. The highest BCUT2D eigenvalue weighted by molar-refractivity contribution is 5.70. The average Bonchev–Trinajstić information content (AvgIpc) is 2.49. The van der Waals surface area contributed by atoms with Crippen molar-refractivity contribution in [1.29, 1.82) is 0 Å². The molecule has 1 unspecified atom stereocenters. The number of nitrogens with one attached hydrogen (secondary N) is 1. The molecule has 2 heteroatoms. The van der Waals surface area contributed by atoms with Crippen molar-refractivity contribution in [3.8, 4) is 16.9 Å². The van der Waals surface area contributed by atoms with Crippen molar-refractivity contribution in [2.75, 3.05) is 7.05 Å². The highest BCUT2D eigenvalue weighted by atomic mass is 16.5. The predicted molar refractivity (Wildman–Crippen MR) is 89.7 cm³/mol. The third kappa shape index (κ3) is 3.85.